The number of ether oxygens (including phenoxy) is 1. The van der Waals surface area contributed by atoms with E-state index in [2.05, 4.69) is 26.6 Å². The van der Waals surface area contributed by atoms with Crippen molar-refractivity contribution in [2.75, 3.05) is 16.8 Å². The van der Waals surface area contributed by atoms with E-state index in [0.29, 0.717) is 6.42 Å². The largest absolute Gasteiger partial charge is 0.453 e. The number of anilines is 1. The SMILES string of the molecule is CC1(NC(=O)c2ccc(NC(=O)Cc3ccc(Br)c(Oc4cc(Cl)cc(C#N)c4)c3F)c(Cl)c2)CCS(=O)(=O)C1. The van der Waals surface area contributed by atoms with Crippen molar-refractivity contribution in [2.24, 2.45) is 0 Å². The van der Waals surface area contributed by atoms with E-state index in [4.69, 9.17) is 33.2 Å². The van der Waals surface area contributed by atoms with Gasteiger partial charge in [0.2, 0.25) is 5.91 Å². The fraction of sp³-hybridized carbons (Fsp3) is 0.222. The molecule has 1 fully saturated rings. The number of carbonyl (C=O) groups excluding carboxylic acids is 2. The van der Waals surface area contributed by atoms with E-state index in [0.717, 1.165) is 0 Å². The number of hydrogen-bond donors (Lipinski definition) is 2. The first-order chi connectivity index (χ1) is 18.8. The summed E-state index contributed by atoms with van der Waals surface area (Å²) in [5.41, 5.74) is -0.220. The second-order valence-corrected chi connectivity index (χ2v) is 13.4. The highest BCUT2D eigenvalue weighted by Crippen LogP contribution is 2.36. The van der Waals surface area contributed by atoms with Crippen molar-refractivity contribution in [2.45, 2.75) is 25.3 Å². The Kier molecular flexibility index (Phi) is 8.75. The Morgan fingerprint density at radius 3 is 2.58 bits per heavy atom. The second kappa shape index (κ2) is 11.7. The lowest BCUT2D eigenvalue weighted by atomic mass is 10.0. The maximum atomic E-state index is 15.3. The first-order valence-corrected chi connectivity index (χ1v) is 15.1. The summed E-state index contributed by atoms with van der Waals surface area (Å²) in [7, 11) is -3.21. The molecule has 0 saturated carbocycles. The molecule has 2 N–H and O–H groups in total. The van der Waals surface area contributed by atoms with Crippen LogP contribution in [0.1, 0.15) is 34.8 Å². The molecular formula is C27H21BrCl2FN3O5S. The van der Waals surface area contributed by atoms with Crippen LogP contribution in [0.4, 0.5) is 10.1 Å². The highest BCUT2D eigenvalue weighted by Gasteiger charge is 2.39. The predicted molar refractivity (Wildman–Crippen MR) is 153 cm³/mol. The number of benzene rings is 3. The van der Waals surface area contributed by atoms with Crippen molar-refractivity contribution in [3.8, 4) is 17.6 Å². The lowest BCUT2D eigenvalue weighted by molar-refractivity contribution is -0.115. The minimum Gasteiger partial charge on any atom is -0.453 e. The monoisotopic (exact) mass is 667 g/mol. The molecule has 3 aromatic rings. The van der Waals surface area contributed by atoms with Crippen LogP contribution in [0.2, 0.25) is 10.0 Å². The van der Waals surface area contributed by atoms with Gasteiger partial charge in [-0.2, -0.15) is 5.26 Å². The zero-order chi connectivity index (χ0) is 29.2. The standard InChI is InChI=1S/C27H21BrCl2FN3O5S/c1-27(6-7-40(37,38)14-27)34-26(36)17-3-5-22(21(30)10-17)33-23(35)11-16-2-4-20(28)25(24(16)31)39-19-9-15(13-32)8-18(29)12-19/h2-5,8-10,12H,6-7,11,14H2,1H3,(H,33,35)(H,34,36). The molecule has 208 valence electrons. The van der Waals surface area contributed by atoms with E-state index in [1.807, 2.05) is 6.07 Å². The number of carbonyl (C=O) groups is 2. The summed E-state index contributed by atoms with van der Waals surface area (Å²) < 4.78 is 44.9. The highest BCUT2D eigenvalue weighted by atomic mass is 79.9. The van der Waals surface area contributed by atoms with Gasteiger partial charge in [0, 0.05) is 16.1 Å². The van der Waals surface area contributed by atoms with Crippen LogP contribution in [0.5, 0.6) is 11.5 Å². The number of amides is 2. The number of nitrogens with zero attached hydrogens (tertiary/aromatic N) is 1. The van der Waals surface area contributed by atoms with E-state index >= 15 is 4.39 Å². The van der Waals surface area contributed by atoms with Crippen LogP contribution in [0.3, 0.4) is 0 Å². The van der Waals surface area contributed by atoms with Gasteiger partial charge < -0.3 is 15.4 Å². The third kappa shape index (κ3) is 7.12. The number of nitriles is 1. The Balaban J connectivity index is 1.45. The van der Waals surface area contributed by atoms with E-state index in [9.17, 15) is 18.0 Å². The minimum atomic E-state index is -3.21. The molecule has 40 heavy (non-hydrogen) atoms. The van der Waals surface area contributed by atoms with Crippen LogP contribution >= 0.6 is 39.1 Å². The van der Waals surface area contributed by atoms with Crippen molar-refractivity contribution in [1.82, 2.24) is 5.32 Å². The molecule has 0 spiro atoms. The summed E-state index contributed by atoms with van der Waals surface area (Å²) in [5.74, 6) is -2.05. The molecule has 8 nitrogen and oxygen atoms in total. The van der Waals surface area contributed by atoms with Gasteiger partial charge in [0.05, 0.1) is 50.3 Å². The molecule has 1 atom stereocenters. The van der Waals surface area contributed by atoms with Gasteiger partial charge in [0.1, 0.15) is 5.75 Å². The Morgan fingerprint density at radius 1 is 1.18 bits per heavy atom. The molecule has 3 aromatic carbocycles. The molecule has 0 aliphatic carbocycles. The van der Waals surface area contributed by atoms with Crippen molar-refractivity contribution >= 4 is 66.5 Å². The summed E-state index contributed by atoms with van der Waals surface area (Å²) in [4.78, 5) is 25.4. The molecular weight excluding hydrogens is 648 g/mol. The topological polar surface area (TPSA) is 125 Å². The molecule has 1 unspecified atom stereocenters. The minimum absolute atomic E-state index is 0.00478. The zero-order valence-corrected chi connectivity index (χ0v) is 24.8. The fourth-order valence-electron chi connectivity index (χ4n) is 4.19. The van der Waals surface area contributed by atoms with Gasteiger partial charge in [0.25, 0.3) is 5.91 Å². The Hall–Kier alpha value is -3.17. The summed E-state index contributed by atoms with van der Waals surface area (Å²) in [6, 6.07) is 13.4. The summed E-state index contributed by atoms with van der Waals surface area (Å²) in [6.45, 7) is 1.67. The average Bonchev–Trinajstić information content (AvgIpc) is 3.16. The molecule has 4 rings (SSSR count). The molecule has 1 saturated heterocycles. The van der Waals surface area contributed by atoms with Gasteiger partial charge in [-0.1, -0.05) is 29.3 Å². The molecule has 2 amide bonds. The normalized spacial score (nSPS) is 17.6. The maximum absolute atomic E-state index is 15.3. The lowest BCUT2D eigenvalue weighted by Crippen LogP contribution is -2.46. The van der Waals surface area contributed by atoms with Crippen LogP contribution < -0.4 is 15.4 Å². The van der Waals surface area contributed by atoms with Gasteiger partial charge in [-0.25, -0.2) is 12.8 Å². The van der Waals surface area contributed by atoms with Crippen molar-refractivity contribution in [3.05, 3.63) is 85.6 Å². The smallest absolute Gasteiger partial charge is 0.251 e. The predicted octanol–water partition coefficient (Wildman–Crippen LogP) is 6.05. The third-order valence-corrected chi connectivity index (χ3v) is 9.18. The summed E-state index contributed by atoms with van der Waals surface area (Å²) in [5, 5.41) is 14.8. The number of nitrogens with one attached hydrogen (secondary N) is 2. The van der Waals surface area contributed by atoms with Crippen LogP contribution in [0, 0.1) is 17.1 Å². The number of rotatable bonds is 7. The average molecular weight is 669 g/mol. The number of hydrogen-bond acceptors (Lipinski definition) is 6. The van der Waals surface area contributed by atoms with E-state index in [-0.39, 0.29) is 66.3 Å². The van der Waals surface area contributed by atoms with E-state index < -0.39 is 33.0 Å². The molecule has 1 aliphatic rings. The van der Waals surface area contributed by atoms with E-state index in [1.165, 1.54) is 48.5 Å². The van der Waals surface area contributed by atoms with E-state index in [1.54, 1.807) is 6.92 Å². The lowest BCUT2D eigenvalue weighted by Gasteiger charge is -2.24. The number of halogens is 4. The van der Waals surface area contributed by atoms with Gasteiger partial charge >= 0.3 is 0 Å². The van der Waals surface area contributed by atoms with Gasteiger partial charge in [-0.15, -0.1) is 0 Å². The molecule has 1 aliphatic heterocycles. The quantitative estimate of drug-likeness (QED) is 0.316. The van der Waals surface area contributed by atoms with Crippen LogP contribution in [0.15, 0.2) is 53.0 Å². The number of sulfone groups is 1. The fourth-order valence-corrected chi connectivity index (χ4v) is 7.12. The van der Waals surface area contributed by atoms with Crippen molar-refractivity contribution in [1.29, 1.82) is 5.26 Å². The first kappa shape index (κ1) is 29.8. The molecule has 13 heteroatoms. The van der Waals surface area contributed by atoms with Gasteiger partial charge in [0.15, 0.2) is 21.4 Å². The van der Waals surface area contributed by atoms with Crippen molar-refractivity contribution in [3.63, 3.8) is 0 Å². The zero-order valence-electron chi connectivity index (χ0n) is 20.9. The highest BCUT2D eigenvalue weighted by molar-refractivity contribution is 9.10. The molecule has 0 bridgehead atoms. The van der Waals surface area contributed by atoms with Crippen LogP contribution in [-0.4, -0.2) is 37.3 Å². The molecule has 0 aromatic heterocycles. The van der Waals surface area contributed by atoms with Crippen molar-refractivity contribution < 1.29 is 27.1 Å². The third-order valence-electron chi connectivity index (χ3n) is 6.12. The second-order valence-electron chi connectivity index (χ2n) is 9.52. The van der Waals surface area contributed by atoms with Crippen LogP contribution in [0.25, 0.3) is 0 Å². The Morgan fingerprint density at radius 2 is 1.93 bits per heavy atom. The summed E-state index contributed by atoms with van der Waals surface area (Å²) >= 11 is 15.5. The molecule has 0 radical (unpaired) electrons. The van der Waals surface area contributed by atoms with Gasteiger partial charge in [-0.05, 0) is 71.7 Å². The van der Waals surface area contributed by atoms with Gasteiger partial charge in [-0.3, -0.25) is 9.59 Å². The molecule has 1 heterocycles. The first-order valence-electron chi connectivity index (χ1n) is 11.8. The Labute approximate surface area is 248 Å². The Bertz CT molecular complexity index is 1680. The summed E-state index contributed by atoms with van der Waals surface area (Å²) in [6.07, 6.45) is -0.0534. The van der Waals surface area contributed by atoms with Crippen LogP contribution in [-0.2, 0) is 21.1 Å². The maximum Gasteiger partial charge on any atom is 0.251 e.